The maximum absolute atomic E-state index is 11.3. The molecule has 1 atom stereocenters. The summed E-state index contributed by atoms with van der Waals surface area (Å²) in [5.74, 6) is -0.0953. The molecule has 0 rings (SSSR count). The Kier molecular flexibility index (Phi) is 5.09. The monoisotopic (exact) mass is 174 g/mol. The molecule has 0 heterocycles. The Morgan fingerprint density at radius 3 is 2.58 bits per heavy atom. The summed E-state index contributed by atoms with van der Waals surface area (Å²) < 4.78 is 4.80. The minimum Gasteiger partial charge on any atom is -0.385 e. The number of Topliss-reactive ketones (excluding diaryl/α,β-unsaturated/α-hetero) is 1. The van der Waals surface area contributed by atoms with Gasteiger partial charge in [0.1, 0.15) is 5.60 Å². The predicted molar refractivity (Wildman–Crippen MR) is 47.0 cm³/mol. The summed E-state index contributed by atoms with van der Waals surface area (Å²) in [6, 6.07) is 0. The van der Waals surface area contributed by atoms with E-state index >= 15 is 0 Å². The second-order valence-electron chi connectivity index (χ2n) is 3.15. The van der Waals surface area contributed by atoms with E-state index in [0.717, 1.165) is 0 Å². The molecule has 0 aromatic heterocycles. The van der Waals surface area contributed by atoms with Gasteiger partial charge in [-0.25, -0.2) is 0 Å². The standard InChI is InChI=1S/C9H18O3/c1-4-9(2,11)8(10)6-5-7-12-3/h11H,4-7H2,1-3H3. The highest BCUT2D eigenvalue weighted by atomic mass is 16.5. The van der Waals surface area contributed by atoms with Crippen molar-refractivity contribution in [2.45, 2.75) is 38.7 Å². The number of carbonyl (C=O) groups is 1. The zero-order valence-corrected chi connectivity index (χ0v) is 8.09. The second kappa shape index (κ2) is 5.27. The first-order chi connectivity index (χ1) is 5.54. The molecular weight excluding hydrogens is 156 g/mol. The quantitative estimate of drug-likeness (QED) is 0.614. The third-order valence-corrected chi connectivity index (χ3v) is 2.04. The van der Waals surface area contributed by atoms with Gasteiger partial charge in [-0.3, -0.25) is 4.79 Å². The molecule has 0 saturated carbocycles. The molecule has 3 heteroatoms. The van der Waals surface area contributed by atoms with Crippen LogP contribution in [0.5, 0.6) is 0 Å². The van der Waals surface area contributed by atoms with Crippen molar-refractivity contribution in [1.29, 1.82) is 0 Å². The number of rotatable bonds is 6. The Labute approximate surface area is 73.7 Å². The first kappa shape index (κ1) is 11.6. The first-order valence-corrected chi connectivity index (χ1v) is 4.29. The number of ketones is 1. The molecule has 0 aliphatic heterocycles. The van der Waals surface area contributed by atoms with Crippen molar-refractivity contribution in [2.24, 2.45) is 0 Å². The van der Waals surface area contributed by atoms with Gasteiger partial charge in [0, 0.05) is 20.1 Å². The molecule has 0 bridgehead atoms. The summed E-state index contributed by atoms with van der Waals surface area (Å²) >= 11 is 0. The van der Waals surface area contributed by atoms with Crippen LogP contribution in [0.4, 0.5) is 0 Å². The van der Waals surface area contributed by atoms with Gasteiger partial charge < -0.3 is 9.84 Å². The van der Waals surface area contributed by atoms with Crippen molar-refractivity contribution in [2.75, 3.05) is 13.7 Å². The van der Waals surface area contributed by atoms with Crippen molar-refractivity contribution in [1.82, 2.24) is 0 Å². The molecule has 0 fully saturated rings. The Balaban J connectivity index is 3.72. The summed E-state index contributed by atoms with van der Waals surface area (Å²) in [7, 11) is 1.60. The van der Waals surface area contributed by atoms with E-state index in [1.165, 1.54) is 0 Å². The molecule has 3 nitrogen and oxygen atoms in total. The Morgan fingerprint density at radius 1 is 1.58 bits per heavy atom. The zero-order valence-electron chi connectivity index (χ0n) is 8.09. The van der Waals surface area contributed by atoms with Crippen molar-refractivity contribution in [3.05, 3.63) is 0 Å². The fraction of sp³-hybridized carbons (Fsp3) is 0.889. The molecule has 12 heavy (non-hydrogen) atoms. The highest BCUT2D eigenvalue weighted by molar-refractivity contribution is 5.86. The lowest BCUT2D eigenvalue weighted by Crippen LogP contribution is -2.34. The largest absolute Gasteiger partial charge is 0.385 e. The van der Waals surface area contributed by atoms with Crippen LogP contribution in [0.2, 0.25) is 0 Å². The molecule has 1 unspecified atom stereocenters. The molecule has 72 valence electrons. The third-order valence-electron chi connectivity index (χ3n) is 2.04. The van der Waals surface area contributed by atoms with Crippen LogP contribution >= 0.6 is 0 Å². The Hall–Kier alpha value is -0.410. The molecule has 0 aromatic rings. The second-order valence-corrected chi connectivity index (χ2v) is 3.15. The Morgan fingerprint density at radius 2 is 2.17 bits per heavy atom. The Bertz CT molecular complexity index is 141. The molecule has 0 spiro atoms. The summed E-state index contributed by atoms with van der Waals surface area (Å²) in [5, 5.41) is 9.50. The van der Waals surface area contributed by atoms with Crippen LogP contribution in [-0.2, 0) is 9.53 Å². The summed E-state index contributed by atoms with van der Waals surface area (Å²) in [4.78, 5) is 11.3. The van der Waals surface area contributed by atoms with E-state index in [4.69, 9.17) is 4.74 Å². The fourth-order valence-corrected chi connectivity index (χ4v) is 0.844. The van der Waals surface area contributed by atoms with Crippen LogP contribution in [0.1, 0.15) is 33.1 Å². The number of carbonyl (C=O) groups excluding carboxylic acids is 1. The van der Waals surface area contributed by atoms with E-state index in [1.54, 1.807) is 21.0 Å². The number of hydrogen-bond donors (Lipinski definition) is 1. The smallest absolute Gasteiger partial charge is 0.164 e. The topological polar surface area (TPSA) is 46.5 Å². The zero-order chi connectivity index (χ0) is 9.61. The van der Waals surface area contributed by atoms with Gasteiger partial charge in [0.15, 0.2) is 5.78 Å². The number of aliphatic hydroxyl groups is 1. The van der Waals surface area contributed by atoms with Gasteiger partial charge in [0.05, 0.1) is 0 Å². The molecule has 0 amide bonds. The number of methoxy groups -OCH3 is 1. The highest BCUT2D eigenvalue weighted by Gasteiger charge is 2.26. The van der Waals surface area contributed by atoms with Crippen molar-refractivity contribution in [3.63, 3.8) is 0 Å². The van der Waals surface area contributed by atoms with Crippen LogP contribution in [0.15, 0.2) is 0 Å². The normalized spacial score (nSPS) is 15.7. The molecule has 0 aliphatic rings. The van der Waals surface area contributed by atoms with E-state index in [9.17, 15) is 9.90 Å². The summed E-state index contributed by atoms with van der Waals surface area (Å²) in [5.41, 5.74) is -1.15. The minimum absolute atomic E-state index is 0.0953. The van der Waals surface area contributed by atoms with Crippen LogP contribution in [0.25, 0.3) is 0 Å². The lowest BCUT2D eigenvalue weighted by atomic mass is 9.95. The maximum atomic E-state index is 11.3. The van der Waals surface area contributed by atoms with Crippen molar-refractivity contribution < 1.29 is 14.6 Å². The van der Waals surface area contributed by atoms with Gasteiger partial charge in [0.25, 0.3) is 0 Å². The average molecular weight is 174 g/mol. The summed E-state index contributed by atoms with van der Waals surface area (Å²) in [6.45, 7) is 3.93. The summed E-state index contributed by atoms with van der Waals surface area (Å²) in [6.07, 6.45) is 1.55. The van der Waals surface area contributed by atoms with Gasteiger partial charge in [-0.05, 0) is 19.8 Å². The van der Waals surface area contributed by atoms with Gasteiger partial charge in [-0.1, -0.05) is 6.92 Å². The van der Waals surface area contributed by atoms with Crippen LogP contribution in [0, 0.1) is 0 Å². The van der Waals surface area contributed by atoms with E-state index in [-0.39, 0.29) is 5.78 Å². The molecule has 0 aromatic carbocycles. The third kappa shape index (κ3) is 3.83. The van der Waals surface area contributed by atoms with Gasteiger partial charge >= 0.3 is 0 Å². The predicted octanol–water partition coefficient (Wildman–Crippen LogP) is 1.14. The molecule has 1 N–H and O–H groups in total. The van der Waals surface area contributed by atoms with Crippen molar-refractivity contribution in [3.8, 4) is 0 Å². The highest BCUT2D eigenvalue weighted by Crippen LogP contribution is 2.12. The van der Waals surface area contributed by atoms with Crippen molar-refractivity contribution >= 4 is 5.78 Å². The minimum atomic E-state index is -1.15. The van der Waals surface area contributed by atoms with Gasteiger partial charge in [-0.15, -0.1) is 0 Å². The molecular formula is C9H18O3. The lowest BCUT2D eigenvalue weighted by molar-refractivity contribution is -0.136. The van der Waals surface area contributed by atoms with E-state index in [1.807, 2.05) is 0 Å². The van der Waals surface area contributed by atoms with E-state index in [0.29, 0.717) is 25.9 Å². The number of ether oxygens (including phenoxy) is 1. The fourth-order valence-electron chi connectivity index (χ4n) is 0.844. The van der Waals surface area contributed by atoms with Crippen LogP contribution < -0.4 is 0 Å². The number of hydrogen-bond acceptors (Lipinski definition) is 3. The molecule has 0 radical (unpaired) electrons. The maximum Gasteiger partial charge on any atom is 0.164 e. The SMILES string of the molecule is CCC(C)(O)C(=O)CCCOC. The van der Waals surface area contributed by atoms with Crippen LogP contribution in [0.3, 0.4) is 0 Å². The van der Waals surface area contributed by atoms with E-state index < -0.39 is 5.60 Å². The first-order valence-electron chi connectivity index (χ1n) is 4.29. The van der Waals surface area contributed by atoms with E-state index in [2.05, 4.69) is 0 Å². The van der Waals surface area contributed by atoms with Gasteiger partial charge in [-0.2, -0.15) is 0 Å². The molecule has 0 saturated heterocycles. The average Bonchev–Trinajstić information content (AvgIpc) is 2.05. The van der Waals surface area contributed by atoms with Crippen LogP contribution in [-0.4, -0.2) is 30.2 Å². The van der Waals surface area contributed by atoms with Gasteiger partial charge in [0.2, 0.25) is 0 Å². The lowest BCUT2D eigenvalue weighted by Gasteiger charge is -2.19. The molecule has 0 aliphatic carbocycles.